The largest absolute Gasteiger partial charge is 0.370 e. The van der Waals surface area contributed by atoms with E-state index in [0.29, 0.717) is 0 Å². The number of nitrogens with two attached hydrogens (primary N) is 1. The number of hydrogen-bond donors (Lipinski definition) is 1. The van der Waals surface area contributed by atoms with Crippen molar-refractivity contribution in [3.8, 4) is 0 Å². The zero-order valence-electron chi connectivity index (χ0n) is 13.1. The number of nitrogens with zero attached hydrogens (tertiary/aromatic N) is 3. The van der Waals surface area contributed by atoms with Crippen LogP contribution in [0.5, 0.6) is 0 Å². The van der Waals surface area contributed by atoms with Crippen LogP contribution in [0.2, 0.25) is 0 Å². The molecular weight excluding hydrogens is 236 g/mol. The predicted octanol–water partition coefficient (Wildman–Crippen LogP) is 2.16. The Labute approximate surface area is 119 Å². The minimum Gasteiger partial charge on any atom is -0.370 e. The van der Waals surface area contributed by atoms with Gasteiger partial charge in [0.05, 0.1) is 0 Å². The van der Waals surface area contributed by atoms with Gasteiger partial charge < -0.3 is 15.5 Å². The molecule has 19 heavy (non-hydrogen) atoms. The molecule has 2 N–H and O–H groups in total. The predicted molar refractivity (Wildman–Crippen MR) is 83.5 cm³/mol. The van der Waals surface area contributed by atoms with Crippen molar-refractivity contribution in [2.75, 3.05) is 39.3 Å². The first-order chi connectivity index (χ1) is 9.17. The molecule has 0 saturated carbocycles. The van der Waals surface area contributed by atoms with Crippen LogP contribution in [-0.4, -0.2) is 55.0 Å². The first-order valence-corrected chi connectivity index (χ1v) is 7.94. The van der Waals surface area contributed by atoms with E-state index < -0.39 is 0 Å². The van der Waals surface area contributed by atoms with Crippen LogP contribution in [0.3, 0.4) is 0 Å². The number of hydrogen-bond acceptors (Lipinski definition) is 2. The summed E-state index contributed by atoms with van der Waals surface area (Å²) < 4.78 is 0. The normalized spacial score (nSPS) is 21.2. The summed E-state index contributed by atoms with van der Waals surface area (Å²) in [6.45, 7) is 13.2. The molecule has 0 aromatic carbocycles. The van der Waals surface area contributed by atoms with Crippen LogP contribution in [0.15, 0.2) is 4.99 Å². The fraction of sp³-hybridized carbons (Fsp3) is 0.933. The Hall–Kier alpha value is -0.770. The first-order valence-electron chi connectivity index (χ1n) is 7.94. The van der Waals surface area contributed by atoms with Crippen molar-refractivity contribution in [2.45, 2.75) is 46.5 Å². The van der Waals surface area contributed by atoms with Gasteiger partial charge in [-0.1, -0.05) is 20.8 Å². The monoisotopic (exact) mass is 268 g/mol. The molecule has 1 aliphatic heterocycles. The summed E-state index contributed by atoms with van der Waals surface area (Å²) in [5, 5.41) is 0. The molecule has 4 heteroatoms. The maximum absolute atomic E-state index is 6.07. The van der Waals surface area contributed by atoms with E-state index in [4.69, 9.17) is 5.73 Å². The van der Waals surface area contributed by atoms with Crippen LogP contribution in [0.25, 0.3) is 0 Å². The molecule has 1 rings (SSSR count). The third-order valence-corrected chi connectivity index (χ3v) is 4.03. The number of aliphatic imine (C=N–C) groups is 1. The van der Waals surface area contributed by atoms with Gasteiger partial charge in [-0.2, -0.15) is 0 Å². The molecule has 0 bridgehead atoms. The van der Waals surface area contributed by atoms with Crippen LogP contribution < -0.4 is 5.73 Å². The molecule has 0 spiro atoms. The van der Waals surface area contributed by atoms with Gasteiger partial charge in [0.15, 0.2) is 5.96 Å². The molecule has 1 aliphatic rings. The molecule has 0 aliphatic carbocycles. The molecule has 1 heterocycles. The van der Waals surface area contributed by atoms with Gasteiger partial charge in [0.1, 0.15) is 0 Å². The topological polar surface area (TPSA) is 44.9 Å². The van der Waals surface area contributed by atoms with Crippen LogP contribution in [0.1, 0.15) is 46.5 Å². The molecule has 112 valence electrons. The van der Waals surface area contributed by atoms with Crippen molar-refractivity contribution in [3.05, 3.63) is 0 Å². The molecule has 4 nitrogen and oxygen atoms in total. The highest BCUT2D eigenvalue weighted by atomic mass is 15.3. The molecule has 1 fully saturated rings. The number of piperidine rings is 1. The van der Waals surface area contributed by atoms with E-state index in [1.807, 2.05) is 0 Å². The summed E-state index contributed by atoms with van der Waals surface area (Å²) in [6, 6.07) is 0. The maximum atomic E-state index is 6.07. The fourth-order valence-corrected chi connectivity index (χ4v) is 2.68. The molecule has 1 atom stereocenters. The standard InChI is InChI=1S/C15H32N4/c1-4-18(5-2)11-7-6-10-17-15(16)19-12-8-9-14(3)13-19/h14H,4-13H2,1-3H3,(H2,16,17). The Morgan fingerprint density at radius 1 is 1.32 bits per heavy atom. The smallest absolute Gasteiger partial charge is 0.191 e. The highest BCUT2D eigenvalue weighted by Crippen LogP contribution is 2.14. The van der Waals surface area contributed by atoms with Crippen LogP contribution in [0.4, 0.5) is 0 Å². The van der Waals surface area contributed by atoms with Gasteiger partial charge in [-0.25, -0.2) is 0 Å². The van der Waals surface area contributed by atoms with Crippen molar-refractivity contribution >= 4 is 5.96 Å². The van der Waals surface area contributed by atoms with Gasteiger partial charge in [0.2, 0.25) is 0 Å². The molecular formula is C15H32N4. The first kappa shape index (κ1) is 16.3. The van der Waals surface area contributed by atoms with Gasteiger partial charge in [-0.05, 0) is 51.2 Å². The Bertz CT molecular complexity index is 261. The summed E-state index contributed by atoms with van der Waals surface area (Å²) >= 11 is 0. The van der Waals surface area contributed by atoms with Crippen molar-refractivity contribution in [2.24, 2.45) is 16.6 Å². The SMILES string of the molecule is CCN(CC)CCCCN=C(N)N1CCCC(C)C1. The average molecular weight is 268 g/mol. The van der Waals surface area contributed by atoms with Crippen LogP contribution in [0, 0.1) is 5.92 Å². The van der Waals surface area contributed by atoms with Crippen LogP contribution >= 0.6 is 0 Å². The van der Waals surface area contributed by atoms with Crippen molar-refractivity contribution in [1.29, 1.82) is 0 Å². The Morgan fingerprint density at radius 2 is 2.05 bits per heavy atom. The lowest BCUT2D eigenvalue weighted by Crippen LogP contribution is -2.43. The summed E-state index contributed by atoms with van der Waals surface area (Å²) in [7, 11) is 0. The summed E-state index contributed by atoms with van der Waals surface area (Å²) in [5.41, 5.74) is 6.07. The summed E-state index contributed by atoms with van der Waals surface area (Å²) in [6.07, 6.45) is 4.93. The van der Waals surface area contributed by atoms with E-state index in [-0.39, 0.29) is 0 Å². The van der Waals surface area contributed by atoms with E-state index in [0.717, 1.165) is 51.0 Å². The fourth-order valence-electron chi connectivity index (χ4n) is 2.68. The minimum atomic E-state index is 0.755. The van der Waals surface area contributed by atoms with E-state index in [1.165, 1.54) is 25.8 Å². The second-order valence-corrected chi connectivity index (χ2v) is 5.67. The number of guanidine groups is 1. The van der Waals surface area contributed by atoms with Gasteiger partial charge >= 0.3 is 0 Å². The molecule has 0 amide bonds. The van der Waals surface area contributed by atoms with E-state index in [9.17, 15) is 0 Å². The molecule has 1 saturated heterocycles. The second-order valence-electron chi connectivity index (χ2n) is 5.67. The molecule has 0 radical (unpaired) electrons. The van der Waals surface area contributed by atoms with Gasteiger partial charge in [-0.15, -0.1) is 0 Å². The third-order valence-electron chi connectivity index (χ3n) is 4.03. The minimum absolute atomic E-state index is 0.755. The average Bonchev–Trinajstić information content (AvgIpc) is 2.42. The Morgan fingerprint density at radius 3 is 2.68 bits per heavy atom. The number of rotatable bonds is 7. The zero-order valence-corrected chi connectivity index (χ0v) is 13.1. The third kappa shape index (κ3) is 6.28. The maximum Gasteiger partial charge on any atom is 0.191 e. The summed E-state index contributed by atoms with van der Waals surface area (Å²) in [4.78, 5) is 9.24. The van der Waals surface area contributed by atoms with E-state index in [1.54, 1.807) is 0 Å². The van der Waals surface area contributed by atoms with E-state index >= 15 is 0 Å². The van der Waals surface area contributed by atoms with Crippen molar-refractivity contribution < 1.29 is 0 Å². The Balaban J connectivity index is 2.17. The molecule has 1 unspecified atom stereocenters. The highest BCUT2D eigenvalue weighted by molar-refractivity contribution is 5.78. The lowest BCUT2D eigenvalue weighted by atomic mass is 10.0. The van der Waals surface area contributed by atoms with Gasteiger partial charge in [0.25, 0.3) is 0 Å². The number of likely N-dealkylation sites (tertiary alicyclic amines) is 1. The van der Waals surface area contributed by atoms with Crippen LogP contribution in [-0.2, 0) is 0 Å². The highest BCUT2D eigenvalue weighted by Gasteiger charge is 2.17. The quantitative estimate of drug-likeness (QED) is 0.437. The second kappa shape index (κ2) is 9.18. The van der Waals surface area contributed by atoms with Gasteiger partial charge in [-0.3, -0.25) is 4.99 Å². The molecule has 0 aromatic rings. The van der Waals surface area contributed by atoms with E-state index in [2.05, 4.69) is 35.6 Å². The van der Waals surface area contributed by atoms with Gasteiger partial charge in [0, 0.05) is 19.6 Å². The lowest BCUT2D eigenvalue weighted by Gasteiger charge is -2.31. The number of unbranched alkanes of at least 4 members (excludes halogenated alkanes) is 1. The Kier molecular flexibility index (Phi) is 7.87. The summed E-state index contributed by atoms with van der Waals surface area (Å²) in [5.74, 6) is 1.51. The lowest BCUT2D eigenvalue weighted by molar-refractivity contribution is 0.270. The molecule has 0 aromatic heterocycles. The van der Waals surface area contributed by atoms with Crippen molar-refractivity contribution in [3.63, 3.8) is 0 Å². The zero-order chi connectivity index (χ0) is 14.1. The van der Waals surface area contributed by atoms with Crippen molar-refractivity contribution in [1.82, 2.24) is 9.80 Å².